The number of nitrogens with zero attached hydrogens (tertiary/aromatic N) is 1. The zero-order valence-electron chi connectivity index (χ0n) is 17.1. The molecule has 1 aliphatic rings. The summed E-state index contributed by atoms with van der Waals surface area (Å²) in [5.74, 6) is 0.725. The molecule has 30 heavy (non-hydrogen) atoms. The van der Waals surface area contributed by atoms with E-state index in [1.54, 1.807) is 18.2 Å². The highest BCUT2D eigenvalue weighted by atomic mass is 16.5. The fourth-order valence-corrected chi connectivity index (χ4v) is 3.61. The Bertz CT molecular complexity index is 1100. The average molecular weight is 407 g/mol. The van der Waals surface area contributed by atoms with Crippen molar-refractivity contribution >= 4 is 28.4 Å². The third-order valence-electron chi connectivity index (χ3n) is 5.34. The van der Waals surface area contributed by atoms with E-state index in [1.807, 2.05) is 37.3 Å². The third kappa shape index (κ3) is 4.46. The maximum absolute atomic E-state index is 12.5. The zero-order chi connectivity index (χ0) is 21.1. The van der Waals surface area contributed by atoms with Crippen molar-refractivity contribution in [1.82, 2.24) is 4.90 Å². The van der Waals surface area contributed by atoms with Crippen molar-refractivity contribution < 1.29 is 13.9 Å². The Morgan fingerprint density at radius 3 is 2.57 bits per heavy atom. The second kappa shape index (κ2) is 8.59. The predicted molar refractivity (Wildman–Crippen MR) is 117 cm³/mol. The molecule has 0 unspecified atom stereocenters. The van der Waals surface area contributed by atoms with Gasteiger partial charge in [0.1, 0.15) is 23.1 Å². The second-order valence-electron chi connectivity index (χ2n) is 7.62. The molecule has 1 saturated heterocycles. The van der Waals surface area contributed by atoms with Crippen LogP contribution in [-0.2, 0) is 0 Å². The molecule has 3 aromatic rings. The number of hydrogen-bond donors (Lipinski definition) is 2. The van der Waals surface area contributed by atoms with E-state index in [1.165, 1.54) is 0 Å². The van der Waals surface area contributed by atoms with Crippen molar-refractivity contribution in [3.8, 4) is 5.75 Å². The number of likely N-dealkylation sites (tertiary alicyclic amines) is 1. The van der Waals surface area contributed by atoms with Gasteiger partial charge in [0, 0.05) is 29.7 Å². The summed E-state index contributed by atoms with van der Waals surface area (Å²) in [6.07, 6.45) is 2.10. The molecule has 2 aromatic carbocycles. The van der Waals surface area contributed by atoms with Crippen LogP contribution >= 0.6 is 0 Å². The lowest BCUT2D eigenvalue weighted by Gasteiger charge is -2.29. The number of nitrogens with one attached hydrogen (secondary N) is 2. The summed E-state index contributed by atoms with van der Waals surface area (Å²) >= 11 is 0. The number of benzene rings is 2. The molecule has 1 fully saturated rings. The summed E-state index contributed by atoms with van der Waals surface area (Å²) in [5.41, 5.74) is 1.36. The van der Waals surface area contributed by atoms with Gasteiger partial charge in [0.25, 0.3) is 0 Å². The van der Waals surface area contributed by atoms with E-state index in [4.69, 9.17) is 9.15 Å². The van der Waals surface area contributed by atoms with E-state index in [0.717, 1.165) is 42.6 Å². The van der Waals surface area contributed by atoms with Gasteiger partial charge in [0.05, 0.1) is 0 Å². The molecule has 0 aliphatic carbocycles. The molecule has 156 valence electrons. The van der Waals surface area contributed by atoms with E-state index < -0.39 is 11.7 Å². The quantitative estimate of drug-likeness (QED) is 0.633. The second-order valence-corrected chi connectivity index (χ2v) is 7.62. The monoisotopic (exact) mass is 407 g/mol. The first kappa shape index (κ1) is 20.0. The van der Waals surface area contributed by atoms with E-state index in [0.29, 0.717) is 11.3 Å². The van der Waals surface area contributed by atoms with E-state index >= 15 is 0 Å². The predicted octanol–water partition coefficient (Wildman–Crippen LogP) is 4.22. The Balaban J connectivity index is 1.52. The molecular weight excluding hydrogens is 382 g/mol. The molecule has 0 radical (unpaired) electrons. The third-order valence-corrected chi connectivity index (χ3v) is 5.34. The van der Waals surface area contributed by atoms with Gasteiger partial charge < -0.3 is 24.7 Å². The molecule has 0 bridgehead atoms. The minimum atomic E-state index is -0.606. The first-order valence-electron chi connectivity index (χ1n) is 10.1. The van der Waals surface area contributed by atoms with Crippen LogP contribution in [0.25, 0.3) is 11.0 Å². The molecule has 1 aromatic heterocycles. The summed E-state index contributed by atoms with van der Waals surface area (Å²) in [4.78, 5) is 27.0. The number of piperidine rings is 1. The van der Waals surface area contributed by atoms with Crippen molar-refractivity contribution in [3.63, 3.8) is 0 Å². The number of aryl methyl sites for hydroxylation is 1. The number of fused-ring (bicyclic) bond motifs is 1. The topological polar surface area (TPSA) is 83.8 Å². The Kier molecular flexibility index (Phi) is 5.72. The van der Waals surface area contributed by atoms with Crippen LogP contribution in [0.15, 0.2) is 57.7 Å². The van der Waals surface area contributed by atoms with E-state index in [-0.39, 0.29) is 11.8 Å². The maximum Gasteiger partial charge on any atom is 0.360 e. The highest BCUT2D eigenvalue weighted by Gasteiger charge is 2.20. The Morgan fingerprint density at radius 1 is 1.10 bits per heavy atom. The average Bonchev–Trinajstić information content (AvgIpc) is 2.73. The standard InChI is InChI=1S/C23H25N3O4/c1-15-20(29-18-10-12-26(2)13-11-18)9-8-16-14-19(22(27)30-21(15)16)25-23(28)24-17-6-4-3-5-7-17/h3-9,14,18H,10-13H2,1-2H3,(H2,24,25,28). The fraction of sp³-hybridized carbons (Fsp3) is 0.304. The molecule has 2 amide bonds. The minimum Gasteiger partial charge on any atom is -0.490 e. The van der Waals surface area contributed by atoms with E-state index in [2.05, 4.69) is 22.6 Å². The van der Waals surface area contributed by atoms with Gasteiger partial charge >= 0.3 is 11.7 Å². The zero-order valence-corrected chi connectivity index (χ0v) is 17.1. The summed E-state index contributed by atoms with van der Waals surface area (Å²) in [6, 6.07) is 13.9. The summed E-state index contributed by atoms with van der Waals surface area (Å²) < 4.78 is 11.7. The summed E-state index contributed by atoms with van der Waals surface area (Å²) in [5, 5.41) is 5.96. The van der Waals surface area contributed by atoms with Gasteiger partial charge in [-0.05, 0) is 57.1 Å². The smallest absolute Gasteiger partial charge is 0.360 e. The molecule has 0 spiro atoms. The highest BCUT2D eigenvalue weighted by Crippen LogP contribution is 2.29. The number of anilines is 2. The van der Waals surface area contributed by atoms with Crippen LogP contribution in [-0.4, -0.2) is 37.2 Å². The van der Waals surface area contributed by atoms with Crippen LogP contribution < -0.4 is 21.0 Å². The molecule has 7 heteroatoms. The minimum absolute atomic E-state index is 0.0827. The number of amides is 2. The Hall–Kier alpha value is -3.32. The number of carbonyl (C=O) groups excluding carboxylic acids is 1. The first-order valence-corrected chi connectivity index (χ1v) is 10.1. The van der Waals surface area contributed by atoms with Crippen LogP contribution in [0.3, 0.4) is 0 Å². The molecule has 4 rings (SSSR count). The number of carbonyl (C=O) groups is 1. The van der Waals surface area contributed by atoms with Gasteiger partial charge in [-0.25, -0.2) is 9.59 Å². The first-order chi connectivity index (χ1) is 14.5. The number of para-hydroxylation sites is 1. The number of urea groups is 1. The highest BCUT2D eigenvalue weighted by molar-refractivity contribution is 6.00. The van der Waals surface area contributed by atoms with Crippen molar-refractivity contribution in [2.75, 3.05) is 30.8 Å². The van der Waals surface area contributed by atoms with Crippen LogP contribution in [0.2, 0.25) is 0 Å². The van der Waals surface area contributed by atoms with Gasteiger partial charge in [0.15, 0.2) is 0 Å². The van der Waals surface area contributed by atoms with Gasteiger partial charge in [-0.15, -0.1) is 0 Å². The maximum atomic E-state index is 12.5. The lowest BCUT2D eigenvalue weighted by atomic mass is 10.1. The molecule has 2 N–H and O–H groups in total. The van der Waals surface area contributed by atoms with Crippen molar-refractivity contribution in [1.29, 1.82) is 0 Å². The van der Waals surface area contributed by atoms with Crippen LogP contribution in [0.4, 0.5) is 16.2 Å². The molecular formula is C23H25N3O4. The van der Waals surface area contributed by atoms with Gasteiger partial charge in [0.2, 0.25) is 0 Å². The molecule has 2 heterocycles. The Labute approximate surface area is 174 Å². The lowest BCUT2D eigenvalue weighted by molar-refractivity contribution is 0.113. The Morgan fingerprint density at radius 2 is 1.83 bits per heavy atom. The van der Waals surface area contributed by atoms with Crippen LogP contribution in [0, 0.1) is 6.92 Å². The lowest BCUT2D eigenvalue weighted by Crippen LogP contribution is -2.35. The number of ether oxygens (including phenoxy) is 1. The fourth-order valence-electron chi connectivity index (χ4n) is 3.61. The van der Waals surface area contributed by atoms with Crippen LogP contribution in [0.1, 0.15) is 18.4 Å². The number of hydrogen-bond acceptors (Lipinski definition) is 5. The summed E-state index contributed by atoms with van der Waals surface area (Å²) in [7, 11) is 2.11. The molecule has 0 atom stereocenters. The SMILES string of the molecule is Cc1c(OC2CCN(C)CC2)ccc2cc(NC(=O)Nc3ccccc3)c(=O)oc12. The molecule has 1 aliphatic heterocycles. The summed E-state index contributed by atoms with van der Waals surface area (Å²) in [6.45, 7) is 3.89. The molecule has 0 saturated carbocycles. The van der Waals surface area contributed by atoms with Gasteiger partial charge in [-0.2, -0.15) is 0 Å². The van der Waals surface area contributed by atoms with E-state index in [9.17, 15) is 9.59 Å². The van der Waals surface area contributed by atoms with Crippen molar-refractivity contribution in [3.05, 3.63) is 64.5 Å². The molecule has 7 nitrogen and oxygen atoms in total. The largest absolute Gasteiger partial charge is 0.490 e. The van der Waals surface area contributed by atoms with Crippen molar-refractivity contribution in [2.45, 2.75) is 25.9 Å². The van der Waals surface area contributed by atoms with Crippen LogP contribution in [0.5, 0.6) is 5.75 Å². The van der Waals surface area contributed by atoms with Gasteiger partial charge in [-0.3, -0.25) is 0 Å². The van der Waals surface area contributed by atoms with Crippen molar-refractivity contribution in [2.24, 2.45) is 0 Å². The number of rotatable bonds is 4. The normalized spacial score (nSPS) is 15.1. The van der Waals surface area contributed by atoms with Gasteiger partial charge in [-0.1, -0.05) is 18.2 Å².